The van der Waals surface area contributed by atoms with Crippen LogP contribution in [0.25, 0.3) is 0 Å². The van der Waals surface area contributed by atoms with Gasteiger partial charge in [-0.25, -0.2) is 4.68 Å². The van der Waals surface area contributed by atoms with Crippen LogP contribution in [0, 0.1) is 0 Å². The minimum absolute atomic E-state index is 0.542. The Kier molecular flexibility index (Phi) is 1.62. The monoisotopic (exact) mass is 146 g/mol. The molecule has 1 aromatic rings. The third kappa shape index (κ3) is 1.00. The van der Waals surface area contributed by atoms with Crippen LogP contribution in [-0.2, 0) is 7.05 Å². The van der Waals surface area contributed by atoms with Crippen LogP contribution < -0.4 is 4.74 Å². The van der Waals surface area contributed by atoms with Crippen LogP contribution in [0.15, 0.2) is 6.20 Å². The lowest BCUT2D eigenvalue weighted by Gasteiger charge is -1.97. The van der Waals surface area contributed by atoms with Crippen LogP contribution in [0.2, 0.25) is 5.02 Å². The molecule has 0 saturated carbocycles. The highest BCUT2D eigenvalue weighted by Crippen LogP contribution is 2.21. The number of nitrogens with zero attached hydrogens (tertiary/aromatic N) is 2. The largest absolute Gasteiger partial charge is 0.480 e. The van der Waals surface area contributed by atoms with E-state index in [1.807, 2.05) is 0 Å². The average Bonchev–Trinajstić information content (AvgIpc) is 2.12. The lowest BCUT2D eigenvalue weighted by atomic mass is 10.7. The van der Waals surface area contributed by atoms with E-state index in [0.717, 1.165) is 0 Å². The molecule has 0 aliphatic carbocycles. The lowest BCUT2D eigenvalue weighted by Crippen LogP contribution is -1.94. The maximum atomic E-state index is 5.64. The van der Waals surface area contributed by atoms with Crippen LogP contribution in [0.4, 0.5) is 0 Å². The van der Waals surface area contributed by atoms with Crippen molar-refractivity contribution in [2.45, 2.75) is 0 Å². The molecule has 4 heteroatoms. The van der Waals surface area contributed by atoms with Gasteiger partial charge in [-0.05, 0) is 0 Å². The highest BCUT2D eigenvalue weighted by atomic mass is 35.5. The van der Waals surface area contributed by atoms with E-state index in [4.69, 9.17) is 16.3 Å². The zero-order valence-electron chi connectivity index (χ0n) is 5.26. The van der Waals surface area contributed by atoms with Gasteiger partial charge in [0.05, 0.1) is 13.3 Å². The molecule has 0 aliphatic heterocycles. The van der Waals surface area contributed by atoms with E-state index in [1.165, 1.54) is 0 Å². The highest BCUT2D eigenvalue weighted by Gasteiger charge is 2.03. The number of rotatable bonds is 1. The summed E-state index contributed by atoms with van der Waals surface area (Å²) in [7, 11) is 3.33. The number of halogens is 1. The van der Waals surface area contributed by atoms with Crippen LogP contribution in [0.5, 0.6) is 5.88 Å². The molecule has 1 rings (SSSR count). The van der Waals surface area contributed by atoms with Gasteiger partial charge in [0.2, 0.25) is 5.88 Å². The molecule has 0 bridgehead atoms. The molecule has 50 valence electrons. The Labute approximate surface area is 58.2 Å². The Morgan fingerprint density at radius 2 is 2.44 bits per heavy atom. The summed E-state index contributed by atoms with van der Waals surface area (Å²) < 4.78 is 6.46. The van der Waals surface area contributed by atoms with Crippen LogP contribution in [0.1, 0.15) is 0 Å². The molecule has 0 unspecified atom stereocenters. The summed E-state index contributed by atoms with van der Waals surface area (Å²) >= 11 is 5.64. The minimum atomic E-state index is 0.542. The van der Waals surface area contributed by atoms with E-state index in [0.29, 0.717) is 10.9 Å². The second kappa shape index (κ2) is 2.27. The zero-order valence-corrected chi connectivity index (χ0v) is 6.01. The molecule has 0 radical (unpaired) electrons. The standard InChI is InChI=1S/C5H7ClN2O/c1-8-5(9-2)4(6)3-7-8/h3H,1-2H3. The van der Waals surface area contributed by atoms with Gasteiger partial charge in [-0.3, -0.25) is 0 Å². The topological polar surface area (TPSA) is 27.1 Å². The third-order valence-electron chi connectivity index (χ3n) is 1.04. The fraction of sp³-hybridized carbons (Fsp3) is 0.400. The van der Waals surface area contributed by atoms with E-state index in [1.54, 1.807) is 25.0 Å². The molecule has 1 heterocycles. The molecule has 3 nitrogen and oxygen atoms in total. The van der Waals surface area contributed by atoms with Gasteiger partial charge in [0, 0.05) is 7.05 Å². The smallest absolute Gasteiger partial charge is 0.230 e. The number of hydrogen-bond donors (Lipinski definition) is 0. The Balaban J connectivity index is 3.07. The lowest BCUT2D eigenvalue weighted by molar-refractivity contribution is 0.373. The first-order valence-electron chi connectivity index (χ1n) is 2.47. The van der Waals surface area contributed by atoms with Crippen molar-refractivity contribution in [3.63, 3.8) is 0 Å². The molecule has 0 aromatic carbocycles. The molecule has 1 aromatic heterocycles. The third-order valence-corrected chi connectivity index (χ3v) is 1.30. The van der Waals surface area contributed by atoms with E-state index in [-0.39, 0.29) is 0 Å². The van der Waals surface area contributed by atoms with E-state index in [2.05, 4.69) is 5.10 Å². The highest BCUT2D eigenvalue weighted by molar-refractivity contribution is 6.31. The van der Waals surface area contributed by atoms with Gasteiger partial charge >= 0.3 is 0 Å². The van der Waals surface area contributed by atoms with Crippen molar-refractivity contribution in [2.75, 3.05) is 7.11 Å². The van der Waals surface area contributed by atoms with Crippen molar-refractivity contribution >= 4 is 11.6 Å². The molecule has 9 heavy (non-hydrogen) atoms. The number of aromatic nitrogens is 2. The Morgan fingerprint density at radius 1 is 1.78 bits per heavy atom. The summed E-state index contributed by atoms with van der Waals surface area (Å²) in [5, 5.41) is 4.39. The van der Waals surface area contributed by atoms with E-state index >= 15 is 0 Å². The van der Waals surface area contributed by atoms with Crippen molar-refractivity contribution in [3.8, 4) is 5.88 Å². The molecular formula is C5H7ClN2O. The SMILES string of the molecule is COc1c(Cl)cnn1C. The van der Waals surface area contributed by atoms with E-state index < -0.39 is 0 Å². The Hall–Kier alpha value is -0.700. The van der Waals surface area contributed by atoms with Gasteiger partial charge in [-0.15, -0.1) is 0 Å². The molecule has 0 saturated heterocycles. The predicted octanol–water partition coefficient (Wildman–Crippen LogP) is 1.08. The molecule has 0 atom stereocenters. The number of ether oxygens (including phenoxy) is 1. The summed E-state index contributed by atoms with van der Waals surface area (Å²) in [5.74, 6) is 0.594. The second-order valence-corrected chi connectivity index (χ2v) is 2.03. The van der Waals surface area contributed by atoms with Crippen molar-refractivity contribution in [3.05, 3.63) is 11.2 Å². The fourth-order valence-corrected chi connectivity index (χ4v) is 0.872. The van der Waals surface area contributed by atoms with Gasteiger partial charge in [-0.2, -0.15) is 5.10 Å². The van der Waals surface area contributed by atoms with Gasteiger partial charge in [0.15, 0.2) is 0 Å². The van der Waals surface area contributed by atoms with Crippen LogP contribution in [0.3, 0.4) is 0 Å². The van der Waals surface area contributed by atoms with Gasteiger partial charge in [-0.1, -0.05) is 11.6 Å². The number of hydrogen-bond acceptors (Lipinski definition) is 2. The summed E-state index contributed by atoms with van der Waals surface area (Å²) in [5.41, 5.74) is 0. The summed E-state index contributed by atoms with van der Waals surface area (Å²) in [6.07, 6.45) is 1.54. The predicted molar refractivity (Wildman–Crippen MR) is 34.8 cm³/mol. The molecule has 0 amide bonds. The maximum absolute atomic E-state index is 5.64. The fourth-order valence-electron chi connectivity index (χ4n) is 0.629. The summed E-state index contributed by atoms with van der Waals surface area (Å²) in [6.45, 7) is 0. The first-order chi connectivity index (χ1) is 4.25. The quantitative estimate of drug-likeness (QED) is 0.593. The summed E-state index contributed by atoms with van der Waals surface area (Å²) in [4.78, 5) is 0. The number of aryl methyl sites for hydroxylation is 1. The Bertz CT molecular complexity index is 189. The first-order valence-corrected chi connectivity index (χ1v) is 2.85. The second-order valence-electron chi connectivity index (χ2n) is 1.63. The van der Waals surface area contributed by atoms with Crippen molar-refractivity contribution in [1.29, 1.82) is 0 Å². The molecule has 0 fully saturated rings. The Morgan fingerprint density at radius 3 is 2.67 bits per heavy atom. The molecule has 0 aliphatic rings. The zero-order chi connectivity index (χ0) is 6.85. The van der Waals surface area contributed by atoms with Crippen molar-refractivity contribution < 1.29 is 4.74 Å². The normalized spacial score (nSPS) is 9.67. The van der Waals surface area contributed by atoms with Crippen LogP contribution >= 0.6 is 11.6 Å². The average molecular weight is 147 g/mol. The minimum Gasteiger partial charge on any atom is -0.480 e. The molecule has 0 N–H and O–H groups in total. The molecule has 0 spiro atoms. The van der Waals surface area contributed by atoms with Crippen molar-refractivity contribution in [1.82, 2.24) is 9.78 Å². The van der Waals surface area contributed by atoms with Crippen LogP contribution in [-0.4, -0.2) is 16.9 Å². The maximum Gasteiger partial charge on any atom is 0.230 e. The van der Waals surface area contributed by atoms with Gasteiger partial charge in [0.1, 0.15) is 5.02 Å². The van der Waals surface area contributed by atoms with Crippen molar-refractivity contribution in [2.24, 2.45) is 7.05 Å². The summed E-state index contributed by atoms with van der Waals surface area (Å²) in [6, 6.07) is 0. The van der Waals surface area contributed by atoms with Gasteiger partial charge < -0.3 is 4.74 Å². The van der Waals surface area contributed by atoms with Gasteiger partial charge in [0.25, 0.3) is 0 Å². The number of methoxy groups -OCH3 is 1. The van der Waals surface area contributed by atoms with E-state index in [9.17, 15) is 0 Å². The first kappa shape index (κ1) is 6.42. The molecular weight excluding hydrogens is 140 g/mol.